The number of rotatable bonds is 4. The Balaban J connectivity index is 2.82. The fourth-order valence-electron chi connectivity index (χ4n) is 0.262. The second-order valence-corrected chi connectivity index (χ2v) is 3.08. The maximum atomic E-state index is 9.96. The van der Waals surface area contributed by atoms with Crippen LogP contribution in [0.1, 0.15) is 6.42 Å². The van der Waals surface area contributed by atoms with Crippen LogP contribution < -0.4 is 3.53 Å². The second-order valence-electron chi connectivity index (χ2n) is 1.26. The molecular weight excluding hydrogens is 241 g/mol. The van der Waals surface area contributed by atoms with E-state index in [4.69, 9.17) is 4.55 Å². The zero-order valence-electron chi connectivity index (χ0n) is 4.26. The van der Waals surface area contributed by atoms with Crippen molar-refractivity contribution in [2.24, 2.45) is 0 Å². The summed E-state index contributed by atoms with van der Waals surface area (Å²) >= 11 is 0.393. The minimum atomic E-state index is -1.61. The largest absolute Gasteiger partial charge is 0.306 e. The number of halogens is 1. The average Bonchev–Trinajstić information content (AvgIpc) is 1.66. The van der Waals surface area contributed by atoms with Gasteiger partial charge in [0.05, 0.1) is 5.75 Å². The topological polar surface area (TPSA) is 49.3 Å². The van der Waals surface area contributed by atoms with Gasteiger partial charge in [-0.25, -0.2) is 4.21 Å². The lowest BCUT2D eigenvalue weighted by atomic mass is 10.5. The van der Waals surface area contributed by atoms with Crippen LogP contribution in [0.15, 0.2) is 0 Å². The van der Waals surface area contributed by atoms with Crippen LogP contribution in [0.3, 0.4) is 0 Å². The van der Waals surface area contributed by atoms with E-state index in [1.165, 1.54) is 0 Å². The second kappa shape index (κ2) is 5.93. The fraction of sp³-hybridized carbons (Fsp3) is 1.00. The summed E-state index contributed by atoms with van der Waals surface area (Å²) < 4.78 is 21.0. The van der Waals surface area contributed by atoms with E-state index in [-0.39, 0.29) is 0 Å². The molecule has 0 unspecified atom stereocenters. The van der Waals surface area contributed by atoms with Crippen LogP contribution in [-0.4, -0.2) is 21.1 Å². The minimum Gasteiger partial charge on any atom is -0.306 e. The molecule has 0 amide bonds. The molecule has 1 atom stereocenters. The first kappa shape index (κ1) is 8.80. The summed E-state index contributed by atoms with van der Waals surface area (Å²) in [6.07, 6.45) is 0.756. The summed E-state index contributed by atoms with van der Waals surface area (Å²) in [4.78, 5) is 0. The van der Waals surface area contributed by atoms with Gasteiger partial charge in [0.2, 0.25) is 0 Å². The first-order valence-electron chi connectivity index (χ1n) is 2.18. The van der Waals surface area contributed by atoms with Gasteiger partial charge < -0.3 is 4.55 Å². The molecule has 3 nitrogen and oxygen atoms in total. The Labute approximate surface area is 65.0 Å². The third kappa shape index (κ3) is 6.80. The van der Waals surface area contributed by atoms with E-state index in [1.54, 1.807) is 0 Å². The maximum absolute atomic E-state index is 9.96. The Morgan fingerprint density at radius 3 is 2.75 bits per heavy atom. The highest BCUT2D eigenvalue weighted by atomic mass is 127. The number of hydrogen-bond acceptors (Lipinski definition) is 2. The minimum absolute atomic E-state index is 0.371. The van der Waals surface area contributed by atoms with E-state index < -0.39 is 11.1 Å². The zero-order chi connectivity index (χ0) is 6.41. The van der Waals surface area contributed by atoms with Crippen molar-refractivity contribution in [3.63, 3.8) is 0 Å². The van der Waals surface area contributed by atoms with Crippen LogP contribution in [0, 0.1) is 0 Å². The molecule has 5 heteroatoms. The molecule has 0 spiro atoms. The highest BCUT2D eigenvalue weighted by molar-refractivity contribution is 14.1. The van der Waals surface area contributed by atoms with Crippen molar-refractivity contribution in [3.8, 4) is 0 Å². The van der Waals surface area contributed by atoms with E-state index in [0.29, 0.717) is 5.75 Å². The summed E-state index contributed by atoms with van der Waals surface area (Å²) in [6.45, 7) is 0.798. The summed E-state index contributed by atoms with van der Waals surface area (Å²) in [6, 6.07) is 0. The van der Waals surface area contributed by atoms with Crippen molar-refractivity contribution in [2.45, 2.75) is 6.42 Å². The van der Waals surface area contributed by atoms with Gasteiger partial charge in [-0.05, 0) is 6.42 Å². The molecule has 0 saturated heterocycles. The van der Waals surface area contributed by atoms with E-state index in [2.05, 4.69) is 3.53 Å². The number of hydrogen-bond donors (Lipinski definition) is 2. The molecule has 0 saturated carbocycles. The monoisotopic (exact) mass is 249 g/mol. The summed E-state index contributed by atoms with van der Waals surface area (Å²) in [5.41, 5.74) is 0. The normalized spacial score (nSPS) is 13.8. The number of nitrogens with one attached hydrogen (secondary N) is 1. The molecule has 8 heavy (non-hydrogen) atoms. The van der Waals surface area contributed by atoms with Crippen LogP contribution >= 0.6 is 22.9 Å². The van der Waals surface area contributed by atoms with Crippen molar-refractivity contribution in [1.29, 1.82) is 0 Å². The maximum Gasteiger partial charge on any atom is 0.152 e. The van der Waals surface area contributed by atoms with E-state index in [1.807, 2.05) is 22.9 Å². The van der Waals surface area contributed by atoms with Crippen LogP contribution in [-0.2, 0) is 11.1 Å². The Hall–Kier alpha value is 0.800. The highest BCUT2D eigenvalue weighted by Crippen LogP contribution is 1.81. The molecule has 0 aliphatic rings. The van der Waals surface area contributed by atoms with Gasteiger partial charge in [-0.15, -0.1) is 0 Å². The van der Waals surface area contributed by atoms with Crippen molar-refractivity contribution < 1.29 is 8.76 Å². The quantitative estimate of drug-likeness (QED) is 0.331. The molecule has 0 bridgehead atoms. The Kier molecular flexibility index (Phi) is 6.52. The van der Waals surface area contributed by atoms with E-state index in [9.17, 15) is 4.21 Å². The average molecular weight is 249 g/mol. The Morgan fingerprint density at radius 1 is 1.75 bits per heavy atom. The first-order valence-corrected chi connectivity index (χ1v) is 4.54. The van der Waals surface area contributed by atoms with Gasteiger partial charge in [0.1, 0.15) is 0 Å². The van der Waals surface area contributed by atoms with Gasteiger partial charge in [0.25, 0.3) is 0 Å². The Morgan fingerprint density at radius 2 is 2.38 bits per heavy atom. The van der Waals surface area contributed by atoms with Gasteiger partial charge in [-0.3, -0.25) is 3.53 Å². The van der Waals surface area contributed by atoms with E-state index in [0.717, 1.165) is 13.0 Å². The van der Waals surface area contributed by atoms with Crippen LogP contribution in [0.4, 0.5) is 0 Å². The lowest BCUT2D eigenvalue weighted by molar-refractivity contribution is 0.562. The SMILES string of the molecule is O=[S@](O)CCCNI. The molecule has 0 aliphatic carbocycles. The molecule has 0 rings (SSSR count). The van der Waals surface area contributed by atoms with Crippen molar-refractivity contribution in [3.05, 3.63) is 0 Å². The summed E-state index contributed by atoms with van der Waals surface area (Å²) in [5, 5.41) is 0. The standard InChI is InChI=1S/C3H8INO2S/c4-5-2-1-3-8(6)7/h5H,1-3H2,(H,6,7). The molecule has 0 aromatic heterocycles. The van der Waals surface area contributed by atoms with Gasteiger partial charge in [-0.2, -0.15) is 0 Å². The first-order chi connectivity index (χ1) is 3.77. The predicted molar refractivity (Wildman–Crippen MR) is 42.3 cm³/mol. The fourth-order valence-corrected chi connectivity index (χ4v) is 1.04. The van der Waals surface area contributed by atoms with Crippen LogP contribution in [0.2, 0.25) is 0 Å². The van der Waals surface area contributed by atoms with Gasteiger partial charge in [-0.1, -0.05) is 0 Å². The molecule has 0 aromatic rings. The van der Waals surface area contributed by atoms with Crippen molar-refractivity contribution >= 4 is 33.9 Å². The van der Waals surface area contributed by atoms with Crippen LogP contribution in [0.5, 0.6) is 0 Å². The molecule has 2 N–H and O–H groups in total. The molecule has 0 aromatic carbocycles. The molecular formula is C3H8INO2S. The van der Waals surface area contributed by atoms with Crippen molar-refractivity contribution in [1.82, 2.24) is 3.53 Å². The lowest BCUT2D eigenvalue weighted by Crippen LogP contribution is -2.05. The third-order valence-corrected chi connectivity index (χ3v) is 1.77. The molecule has 0 heterocycles. The van der Waals surface area contributed by atoms with Gasteiger partial charge >= 0.3 is 0 Å². The summed E-state index contributed by atoms with van der Waals surface area (Å²) in [7, 11) is 0. The van der Waals surface area contributed by atoms with Crippen molar-refractivity contribution in [2.75, 3.05) is 12.3 Å². The summed E-state index contributed by atoms with van der Waals surface area (Å²) in [5.74, 6) is 0.371. The Bertz CT molecular complexity index is 79.7. The van der Waals surface area contributed by atoms with Gasteiger partial charge in [0, 0.05) is 29.4 Å². The van der Waals surface area contributed by atoms with Gasteiger partial charge in [0.15, 0.2) is 11.1 Å². The molecule has 0 aliphatic heterocycles. The lowest BCUT2D eigenvalue weighted by Gasteiger charge is -1.91. The third-order valence-electron chi connectivity index (χ3n) is 0.590. The zero-order valence-corrected chi connectivity index (χ0v) is 7.24. The predicted octanol–water partition coefficient (Wildman–Crippen LogP) is 0.538. The highest BCUT2D eigenvalue weighted by Gasteiger charge is 1.89. The smallest absolute Gasteiger partial charge is 0.152 e. The van der Waals surface area contributed by atoms with Crippen LogP contribution in [0.25, 0.3) is 0 Å². The molecule has 0 radical (unpaired) electrons. The molecule has 50 valence electrons. The molecule has 0 fully saturated rings. The van der Waals surface area contributed by atoms with E-state index >= 15 is 0 Å².